The lowest BCUT2D eigenvalue weighted by atomic mass is 10.2. The van der Waals surface area contributed by atoms with Gasteiger partial charge in [-0.05, 0) is 30.7 Å². The van der Waals surface area contributed by atoms with Gasteiger partial charge in [0.1, 0.15) is 16.4 Å². The highest BCUT2D eigenvalue weighted by molar-refractivity contribution is 7.14. The van der Waals surface area contributed by atoms with Crippen molar-refractivity contribution in [1.29, 1.82) is 0 Å². The Bertz CT molecular complexity index is 651. The van der Waals surface area contributed by atoms with Crippen LogP contribution in [0.2, 0.25) is 0 Å². The van der Waals surface area contributed by atoms with E-state index in [4.69, 9.17) is 14.6 Å². The number of hydrogen-bond acceptors (Lipinski definition) is 5. The molecule has 6 heteroatoms. The van der Waals surface area contributed by atoms with Crippen LogP contribution in [0.1, 0.15) is 20.1 Å². The van der Waals surface area contributed by atoms with E-state index >= 15 is 0 Å². The maximum absolute atomic E-state index is 11.0. The highest BCUT2D eigenvalue weighted by atomic mass is 32.1. The van der Waals surface area contributed by atoms with Crippen LogP contribution in [0.25, 0.3) is 0 Å². The quantitative estimate of drug-likeness (QED) is 0.856. The fraction of sp³-hybridized carbons (Fsp3) is 0.267. The molecule has 2 N–H and O–H groups in total. The normalized spacial score (nSPS) is 10.2. The third kappa shape index (κ3) is 3.46. The number of ether oxygens (including phenoxy) is 2. The van der Waals surface area contributed by atoms with E-state index < -0.39 is 5.97 Å². The van der Waals surface area contributed by atoms with Gasteiger partial charge in [0.05, 0.1) is 19.9 Å². The summed E-state index contributed by atoms with van der Waals surface area (Å²) in [6, 6.07) is 7.21. The number of aromatic carboxylic acids is 1. The van der Waals surface area contributed by atoms with Gasteiger partial charge in [0, 0.05) is 17.5 Å². The van der Waals surface area contributed by atoms with Gasteiger partial charge in [-0.3, -0.25) is 0 Å². The summed E-state index contributed by atoms with van der Waals surface area (Å²) in [5, 5.41) is 12.3. The van der Waals surface area contributed by atoms with E-state index in [1.165, 1.54) is 11.3 Å². The Morgan fingerprint density at radius 2 is 2.05 bits per heavy atom. The Hall–Kier alpha value is -2.21. The molecule has 1 aromatic heterocycles. The lowest BCUT2D eigenvalue weighted by molar-refractivity contribution is 0.0702. The summed E-state index contributed by atoms with van der Waals surface area (Å²) in [6.07, 6.45) is 0. The van der Waals surface area contributed by atoms with Crippen LogP contribution in [0.4, 0.5) is 5.69 Å². The molecule has 0 radical (unpaired) electrons. The maximum atomic E-state index is 11.0. The van der Waals surface area contributed by atoms with Gasteiger partial charge < -0.3 is 19.9 Å². The van der Waals surface area contributed by atoms with Crippen molar-refractivity contribution in [3.05, 3.63) is 39.6 Å². The number of carbonyl (C=O) groups is 1. The minimum Gasteiger partial charge on any atom is -0.497 e. The van der Waals surface area contributed by atoms with Gasteiger partial charge in [-0.2, -0.15) is 0 Å². The van der Waals surface area contributed by atoms with Gasteiger partial charge >= 0.3 is 5.97 Å². The van der Waals surface area contributed by atoms with Gasteiger partial charge in [-0.25, -0.2) is 4.79 Å². The molecule has 0 aliphatic heterocycles. The molecule has 0 bridgehead atoms. The number of carboxylic acids is 1. The van der Waals surface area contributed by atoms with E-state index in [0.717, 1.165) is 21.9 Å². The van der Waals surface area contributed by atoms with Crippen molar-refractivity contribution in [3.8, 4) is 11.5 Å². The van der Waals surface area contributed by atoms with Gasteiger partial charge in [-0.1, -0.05) is 0 Å². The minimum atomic E-state index is -0.892. The molecular formula is C15H17NO4S. The number of nitrogens with one attached hydrogen (secondary N) is 1. The maximum Gasteiger partial charge on any atom is 0.345 e. The van der Waals surface area contributed by atoms with Crippen LogP contribution >= 0.6 is 11.3 Å². The van der Waals surface area contributed by atoms with Crippen molar-refractivity contribution in [2.24, 2.45) is 0 Å². The van der Waals surface area contributed by atoms with Gasteiger partial charge in [0.25, 0.3) is 0 Å². The molecule has 0 amide bonds. The first-order valence-electron chi connectivity index (χ1n) is 6.33. The van der Waals surface area contributed by atoms with Crippen LogP contribution in [0.3, 0.4) is 0 Å². The molecule has 112 valence electrons. The molecule has 1 aromatic carbocycles. The first-order chi connectivity index (χ1) is 10.0. The molecule has 0 spiro atoms. The zero-order valence-corrected chi connectivity index (χ0v) is 12.9. The minimum absolute atomic E-state index is 0.353. The highest BCUT2D eigenvalue weighted by Gasteiger charge is 2.11. The number of hydrogen-bond donors (Lipinski definition) is 2. The van der Waals surface area contributed by atoms with Crippen LogP contribution in [-0.4, -0.2) is 25.3 Å². The lowest BCUT2D eigenvalue weighted by Gasteiger charge is -2.12. The third-order valence-electron chi connectivity index (χ3n) is 3.11. The summed E-state index contributed by atoms with van der Waals surface area (Å²) in [5.74, 6) is 0.509. The molecule has 1 heterocycles. The zero-order chi connectivity index (χ0) is 15.4. The van der Waals surface area contributed by atoms with E-state index in [1.54, 1.807) is 26.4 Å². The van der Waals surface area contributed by atoms with Gasteiger partial charge in [0.15, 0.2) is 0 Å². The number of carboxylic acid groups (broad SMARTS) is 1. The Kier molecular flexibility index (Phi) is 4.70. The van der Waals surface area contributed by atoms with E-state index in [9.17, 15) is 4.79 Å². The predicted molar refractivity (Wildman–Crippen MR) is 82.9 cm³/mol. The van der Waals surface area contributed by atoms with Crippen LogP contribution in [0.5, 0.6) is 11.5 Å². The molecule has 0 aliphatic rings. The average molecular weight is 307 g/mol. The number of benzene rings is 1. The summed E-state index contributed by atoms with van der Waals surface area (Å²) in [5.41, 5.74) is 1.80. The number of methoxy groups -OCH3 is 2. The topological polar surface area (TPSA) is 67.8 Å². The van der Waals surface area contributed by atoms with E-state index in [2.05, 4.69) is 5.32 Å². The second-order valence-electron chi connectivity index (χ2n) is 4.42. The third-order valence-corrected chi connectivity index (χ3v) is 4.19. The Morgan fingerprint density at radius 3 is 2.62 bits per heavy atom. The standard InChI is InChI=1S/C15H17NO4S/c1-9-10(6-14(21-9)15(17)18)8-16-12-5-4-11(19-2)7-13(12)20-3/h4-7,16H,8H2,1-3H3,(H,17,18). The molecule has 0 unspecified atom stereocenters. The summed E-state index contributed by atoms with van der Waals surface area (Å²) in [6.45, 7) is 2.46. The molecule has 5 nitrogen and oxygen atoms in total. The van der Waals surface area contributed by atoms with Crippen molar-refractivity contribution in [3.63, 3.8) is 0 Å². The summed E-state index contributed by atoms with van der Waals surface area (Å²) in [4.78, 5) is 12.3. The molecular weight excluding hydrogens is 290 g/mol. The molecule has 2 aromatic rings. The van der Waals surface area contributed by atoms with Crippen LogP contribution in [0, 0.1) is 6.92 Å². The van der Waals surface area contributed by atoms with Crippen LogP contribution in [-0.2, 0) is 6.54 Å². The molecule has 21 heavy (non-hydrogen) atoms. The number of aryl methyl sites for hydroxylation is 1. The molecule has 0 saturated carbocycles. The van der Waals surface area contributed by atoms with Crippen molar-refractivity contribution in [2.75, 3.05) is 19.5 Å². The van der Waals surface area contributed by atoms with Gasteiger partial charge in [-0.15, -0.1) is 11.3 Å². The monoisotopic (exact) mass is 307 g/mol. The van der Waals surface area contributed by atoms with Crippen molar-refractivity contribution < 1.29 is 19.4 Å². The summed E-state index contributed by atoms with van der Waals surface area (Å²) >= 11 is 1.28. The largest absolute Gasteiger partial charge is 0.497 e. The van der Waals surface area contributed by atoms with E-state index in [0.29, 0.717) is 17.2 Å². The van der Waals surface area contributed by atoms with Crippen LogP contribution in [0.15, 0.2) is 24.3 Å². The fourth-order valence-electron chi connectivity index (χ4n) is 1.94. The van der Waals surface area contributed by atoms with E-state index in [-0.39, 0.29) is 0 Å². The molecule has 0 saturated heterocycles. The molecule has 2 rings (SSSR count). The van der Waals surface area contributed by atoms with Crippen molar-refractivity contribution >= 4 is 23.0 Å². The lowest BCUT2D eigenvalue weighted by Crippen LogP contribution is -2.02. The summed E-state index contributed by atoms with van der Waals surface area (Å²) < 4.78 is 10.5. The second-order valence-corrected chi connectivity index (χ2v) is 5.67. The Labute approximate surface area is 127 Å². The molecule has 0 aliphatic carbocycles. The molecule has 0 fully saturated rings. The number of rotatable bonds is 6. The fourth-order valence-corrected chi connectivity index (χ4v) is 2.82. The summed E-state index contributed by atoms with van der Waals surface area (Å²) in [7, 11) is 3.20. The first kappa shape index (κ1) is 15.2. The second kappa shape index (κ2) is 6.49. The van der Waals surface area contributed by atoms with Crippen molar-refractivity contribution in [2.45, 2.75) is 13.5 Å². The van der Waals surface area contributed by atoms with Gasteiger partial charge in [0.2, 0.25) is 0 Å². The zero-order valence-electron chi connectivity index (χ0n) is 12.1. The highest BCUT2D eigenvalue weighted by Crippen LogP contribution is 2.30. The number of anilines is 1. The Balaban J connectivity index is 2.14. The Morgan fingerprint density at radius 1 is 1.29 bits per heavy atom. The number of thiophene rings is 1. The first-order valence-corrected chi connectivity index (χ1v) is 7.15. The van der Waals surface area contributed by atoms with Crippen molar-refractivity contribution in [1.82, 2.24) is 0 Å². The predicted octanol–water partition coefficient (Wildman–Crippen LogP) is 3.38. The molecule has 0 atom stereocenters. The smallest absolute Gasteiger partial charge is 0.345 e. The SMILES string of the molecule is COc1ccc(NCc2cc(C(=O)O)sc2C)c(OC)c1. The van der Waals surface area contributed by atoms with Crippen LogP contribution < -0.4 is 14.8 Å². The average Bonchev–Trinajstić information content (AvgIpc) is 2.86. The van der Waals surface area contributed by atoms with E-state index in [1.807, 2.05) is 19.1 Å².